The molecular formula is C67H121N2O6P. The molecule has 0 spiro atoms. The van der Waals surface area contributed by atoms with Gasteiger partial charge in [-0.3, -0.25) is 9.36 Å². The van der Waals surface area contributed by atoms with Crippen LogP contribution in [0.15, 0.2) is 97.2 Å². The Morgan fingerprint density at radius 3 is 1.22 bits per heavy atom. The maximum atomic E-state index is 13.0. The zero-order valence-electron chi connectivity index (χ0n) is 50.2. The van der Waals surface area contributed by atoms with Crippen LogP contribution < -0.4 is 10.2 Å². The van der Waals surface area contributed by atoms with Crippen LogP contribution >= 0.6 is 7.82 Å². The number of unbranched alkanes of at least 4 members (excludes halogenated alkanes) is 30. The zero-order valence-corrected chi connectivity index (χ0v) is 51.1. The van der Waals surface area contributed by atoms with Gasteiger partial charge in [-0.15, -0.1) is 0 Å². The van der Waals surface area contributed by atoms with E-state index in [9.17, 15) is 19.4 Å². The minimum absolute atomic E-state index is 0.0149. The number of quaternary nitrogens is 1. The zero-order chi connectivity index (χ0) is 55.6. The normalized spacial score (nSPS) is 14.5. The average molecular weight is 1080 g/mol. The van der Waals surface area contributed by atoms with Gasteiger partial charge in [0, 0.05) is 6.42 Å². The first-order valence-corrected chi connectivity index (χ1v) is 33.1. The van der Waals surface area contributed by atoms with Gasteiger partial charge in [-0.25, -0.2) is 0 Å². The van der Waals surface area contributed by atoms with E-state index in [1.165, 1.54) is 161 Å². The molecule has 0 saturated carbocycles. The number of carbonyl (C=O) groups excluding carboxylic acids is 1. The molecule has 0 bridgehead atoms. The van der Waals surface area contributed by atoms with Crippen LogP contribution in [0.5, 0.6) is 0 Å². The molecule has 0 rings (SSSR count). The number of nitrogens with one attached hydrogen (secondary N) is 1. The lowest BCUT2D eigenvalue weighted by Crippen LogP contribution is -2.45. The van der Waals surface area contributed by atoms with Crippen LogP contribution in [0.4, 0.5) is 0 Å². The molecule has 0 radical (unpaired) electrons. The van der Waals surface area contributed by atoms with Crippen LogP contribution in [0.1, 0.15) is 271 Å². The second kappa shape index (κ2) is 57.1. The number of hydrogen-bond donors (Lipinski definition) is 2. The predicted octanol–water partition coefficient (Wildman–Crippen LogP) is 19.1. The molecule has 76 heavy (non-hydrogen) atoms. The lowest BCUT2D eigenvalue weighted by molar-refractivity contribution is -0.870. The highest BCUT2D eigenvalue weighted by atomic mass is 31.2. The van der Waals surface area contributed by atoms with Gasteiger partial charge in [0.15, 0.2) is 0 Å². The van der Waals surface area contributed by atoms with Crippen molar-refractivity contribution in [3.63, 3.8) is 0 Å². The van der Waals surface area contributed by atoms with Gasteiger partial charge < -0.3 is 28.8 Å². The fourth-order valence-electron chi connectivity index (χ4n) is 8.86. The molecule has 0 aliphatic heterocycles. The topological polar surface area (TPSA) is 108 Å². The number of allylic oxidation sites excluding steroid dienone is 15. The highest BCUT2D eigenvalue weighted by Crippen LogP contribution is 2.38. The van der Waals surface area contributed by atoms with Crippen molar-refractivity contribution in [2.24, 2.45) is 0 Å². The van der Waals surface area contributed by atoms with Gasteiger partial charge in [-0.2, -0.15) is 0 Å². The van der Waals surface area contributed by atoms with E-state index >= 15 is 0 Å². The Kier molecular flexibility index (Phi) is 55.2. The molecule has 0 aromatic carbocycles. The Bertz CT molecular complexity index is 1560. The average Bonchev–Trinajstić information content (AvgIpc) is 3.38. The van der Waals surface area contributed by atoms with Crippen LogP contribution in [-0.2, 0) is 18.4 Å². The Morgan fingerprint density at radius 2 is 0.816 bits per heavy atom. The van der Waals surface area contributed by atoms with Gasteiger partial charge in [0.2, 0.25) is 5.91 Å². The smallest absolute Gasteiger partial charge is 0.268 e. The molecule has 8 nitrogen and oxygen atoms in total. The molecular weight excluding hydrogens is 960 g/mol. The Labute approximate surface area is 470 Å². The fraction of sp³-hybridized carbons (Fsp3) is 0.746. The maximum absolute atomic E-state index is 13.0. The number of phosphoric ester groups is 1. The van der Waals surface area contributed by atoms with Crippen LogP contribution in [0.3, 0.4) is 0 Å². The van der Waals surface area contributed by atoms with Crippen LogP contribution in [0, 0.1) is 0 Å². The standard InChI is InChI=1S/C67H121N2O6P/c1-6-8-10-12-14-16-18-20-22-24-26-28-30-32-33-34-35-37-38-40-42-44-46-48-50-52-54-56-58-60-66(70)65(64-75-76(72,73)74-63-62-69(3,4)5)68-67(71)61-59-57-55-53-51-49-47-45-43-41-39-36-31-29-27-25-23-21-19-17-15-13-11-9-7-2/h9,11,15,17,21,23,27,29,36,39,42,44,50,52,58,60,65-66,70H,6-8,10,12-14,16,18-20,22,24-26,28,30-35,37-38,40-41,43,45-49,51,53-57,59,61-64H2,1-5H3,(H-,68,71,72,73)/b11-9-,17-15-,23-21-,29-27-,39-36-,44-42+,52-50+,60-58+. The summed E-state index contributed by atoms with van der Waals surface area (Å²) in [5.74, 6) is -0.220. The molecule has 2 N–H and O–H groups in total. The number of aliphatic hydroxyl groups is 1. The largest absolute Gasteiger partial charge is 0.756 e. The molecule has 9 heteroatoms. The van der Waals surface area contributed by atoms with E-state index in [-0.39, 0.29) is 12.5 Å². The summed E-state index contributed by atoms with van der Waals surface area (Å²) in [4.78, 5) is 25.6. The number of amides is 1. The molecule has 0 saturated heterocycles. The quantitative estimate of drug-likeness (QED) is 0.0272. The third kappa shape index (κ3) is 59.1. The number of aliphatic hydroxyl groups excluding tert-OH is 1. The summed E-state index contributed by atoms with van der Waals surface area (Å²) in [5, 5.41) is 13.9. The lowest BCUT2D eigenvalue weighted by atomic mass is 10.0. The van der Waals surface area contributed by atoms with Crippen molar-refractivity contribution in [1.29, 1.82) is 0 Å². The number of carbonyl (C=O) groups is 1. The summed E-state index contributed by atoms with van der Waals surface area (Å²) < 4.78 is 23.4. The van der Waals surface area contributed by atoms with Gasteiger partial charge in [0.05, 0.1) is 39.9 Å². The first kappa shape index (κ1) is 73.4. The number of likely N-dealkylation sites (N-methyl/N-ethyl adjacent to an activating group) is 1. The third-order valence-electron chi connectivity index (χ3n) is 13.8. The number of phosphoric acid groups is 1. The van der Waals surface area contributed by atoms with E-state index in [4.69, 9.17) is 9.05 Å². The number of rotatable bonds is 57. The lowest BCUT2D eigenvalue weighted by Gasteiger charge is -2.29. The van der Waals surface area contributed by atoms with Crippen LogP contribution in [-0.4, -0.2) is 68.5 Å². The van der Waals surface area contributed by atoms with Crippen LogP contribution in [0.2, 0.25) is 0 Å². The van der Waals surface area contributed by atoms with Crippen molar-refractivity contribution < 1.29 is 32.9 Å². The van der Waals surface area contributed by atoms with Crippen molar-refractivity contribution in [2.45, 2.75) is 283 Å². The summed E-state index contributed by atoms with van der Waals surface area (Å²) in [7, 11) is 1.22. The van der Waals surface area contributed by atoms with Crippen LogP contribution in [0.25, 0.3) is 0 Å². The maximum Gasteiger partial charge on any atom is 0.268 e. The summed E-state index contributed by atoms with van der Waals surface area (Å²) in [6.45, 7) is 4.52. The minimum atomic E-state index is -4.62. The third-order valence-corrected chi connectivity index (χ3v) is 14.7. The SMILES string of the molecule is CC/C=C\C/C=C\C/C=C\C/C=C\C/C=C\CCCCCCCCCCCC(=O)NC(COP(=O)([O-])OCC[N+](C)(C)C)C(O)/C=C/CC/C=C/CC/C=C/CCCCCCCCCCCCCCCCCCCCC. The van der Waals surface area contributed by atoms with E-state index in [0.29, 0.717) is 17.4 Å². The van der Waals surface area contributed by atoms with E-state index in [0.717, 1.165) is 89.9 Å². The second-order valence-electron chi connectivity index (χ2n) is 22.4. The minimum Gasteiger partial charge on any atom is -0.756 e. The molecule has 1 amide bonds. The van der Waals surface area contributed by atoms with Gasteiger partial charge in [-0.05, 0) is 89.9 Å². The molecule has 0 aliphatic carbocycles. The van der Waals surface area contributed by atoms with Crippen molar-refractivity contribution in [3.8, 4) is 0 Å². The predicted molar refractivity (Wildman–Crippen MR) is 329 cm³/mol. The van der Waals surface area contributed by atoms with Gasteiger partial charge >= 0.3 is 0 Å². The highest BCUT2D eigenvalue weighted by molar-refractivity contribution is 7.45. The summed E-state index contributed by atoms with van der Waals surface area (Å²) in [5.41, 5.74) is 0. The van der Waals surface area contributed by atoms with Crippen molar-refractivity contribution in [2.75, 3.05) is 40.9 Å². The molecule has 0 aromatic heterocycles. The Morgan fingerprint density at radius 1 is 0.474 bits per heavy atom. The highest BCUT2D eigenvalue weighted by Gasteiger charge is 2.23. The van der Waals surface area contributed by atoms with Crippen molar-refractivity contribution in [1.82, 2.24) is 5.32 Å². The first-order chi connectivity index (χ1) is 37.0. The Balaban J connectivity index is 4.25. The molecule has 3 unspecified atom stereocenters. The van der Waals surface area contributed by atoms with E-state index in [2.05, 4.69) is 104 Å². The monoisotopic (exact) mass is 1080 g/mol. The second-order valence-corrected chi connectivity index (χ2v) is 23.8. The van der Waals surface area contributed by atoms with Crippen molar-refractivity contribution in [3.05, 3.63) is 97.2 Å². The molecule has 0 aliphatic rings. The number of hydrogen-bond acceptors (Lipinski definition) is 6. The molecule has 3 atom stereocenters. The first-order valence-electron chi connectivity index (χ1n) is 31.6. The van der Waals surface area contributed by atoms with E-state index in [1.807, 2.05) is 27.2 Å². The van der Waals surface area contributed by atoms with Gasteiger partial charge in [-0.1, -0.05) is 272 Å². The van der Waals surface area contributed by atoms with Gasteiger partial charge in [0.25, 0.3) is 7.82 Å². The Hall–Kier alpha value is -2.58. The van der Waals surface area contributed by atoms with E-state index < -0.39 is 26.6 Å². The summed E-state index contributed by atoms with van der Waals surface area (Å²) in [6, 6.07) is -0.921. The molecule has 0 heterocycles. The molecule has 0 fully saturated rings. The van der Waals surface area contributed by atoms with E-state index in [1.54, 1.807) is 6.08 Å². The molecule has 440 valence electrons. The summed E-state index contributed by atoms with van der Waals surface area (Å²) in [6.07, 6.45) is 82.2. The van der Waals surface area contributed by atoms with Gasteiger partial charge in [0.1, 0.15) is 13.2 Å². The van der Waals surface area contributed by atoms with Crippen molar-refractivity contribution >= 4 is 13.7 Å². The number of nitrogens with zero attached hydrogens (tertiary/aromatic N) is 1. The summed E-state index contributed by atoms with van der Waals surface area (Å²) >= 11 is 0. The fourth-order valence-corrected chi connectivity index (χ4v) is 9.58. The molecule has 0 aromatic rings.